The third kappa shape index (κ3) is 1.53. The highest BCUT2D eigenvalue weighted by Gasteiger charge is 2.37. The van der Waals surface area contributed by atoms with E-state index in [1.165, 1.54) is 6.92 Å². The maximum atomic E-state index is 13.5. The predicted molar refractivity (Wildman–Crippen MR) is 54.6 cm³/mol. The lowest BCUT2D eigenvalue weighted by atomic mass is 10.0. The second-order valence-electron chi connectivity index (χ2n) is 4.00. The van der Waals surface area contributed by atoms with E-state index in [0.29, 0.717) is 6.07 Å². The molecule has 88 valence electrons. The molecule has 1 aromatic rings. The summed E-state index contributed by atoms with van der Waals surface area (Å²) in [5, 5.41) is -0.741. The fourth-order valence-electron chi connectivity index (χ4n) is 1.97. The molecule has 0 spiro atoms. The van der Waals surface area contributed by atoms with Crippen molar-refractivity contribution in [3.8, 4) is 0 Å². The van der Waals surface area contributed by atoms with Gasteiger partial charge in [-0.1, -0.05) is 0 Å². The second kappa shape index (κ2) is 3.49. The van der Waals surface area contributed by atoms with E-state index in [1.54, 1.807) is 0 Å². The topological polar surface area (TPSA) is 60.2 Å². The third-order valence-electron chi connectivity index (χ3n) is 2.84. The van der Waals surface area contributed by atoms with Crippen molar-refractivity contribution < 1.29 is 17.2 Å². The molecule has 0 radical (unpaired) electrons. The largest absolute Gasteiger partial charge is 0.324 e. The van der Waals surface area contributed by atoms with Gasteiger partial charge >= 0.3 is 0 Å². The van der Waals surface area contributed by atoms with Crippen molar-refractivity contribution in [1.82, 2.24) is 0 Å². The van der Waals surface area contributed by atoms with Crippen LogP contribution in [0, 0.1) is 11.6 Å². The third-order valence-corrected chi connectivity index (χ3v) is 5.09. The second-order valence-corrected chi connectivity index (χ2v) is 6.31. The van der Waals surface area contributed by atoms with Crippen molar-refractivity contribution in [2.24, 2.45) is 5.73 Å². The van der Waals surface area contributed by atoms with E-state index >= 15 is 0 Å². The normalized spacial score (nSPS) is 27.5. The quantitative estimate of drug-likeness (QED) is 0.707. The molecule has 1 aromatic carbocycles. The molecule has 1 aliphatic rings. The first kappa shape index (κ1) is 11.5. The highest BCUT2D eigenvalue weighted by molar-refractivity contribution is 7.92. The highest BCUT2D eigenvalue weighted by atomic mass is 32.2. The lowest BCUT2D eigenvalue weighted by Gasteiger charge is -2.27. The van der Waals surface area contributed by atoms with E-state index < -0.39 is 37.7 Å². The zero-order chi connectivity index (χ0) is 12.1. The van der Waals surface area contributed by atoms with Crippen molar-refractivity contribution in [2.45, 2.75) is 29.5 Å². The molecule has 2 N–H and O–H groups in total. The van der Waals surface area contributed by atoms with E-state index in [0.717, 1.165) is 6.07 Å². The SMILES string of the molecule is CC1CC(N)c2cc(F)cc(F)c2S1(=O)=O. The molecule has 1 heterocycles. The van der Waals surface area contributed by atoms with Gasteiger partial charge in [0, 0.05) is 12.1 Å². The van der Waals surface area contributed by atoms with E-state index in [4.69, 9.17) is 5.73 Å². The van der Waals surface area contributed by atoms with Crippen LogP contribution >= 0.6 is 0 Å². The van der Waals surface area contributed by atoms with Gasteiger partial charge in [-0.05, 0) is 25.0 Å². The lowest BCUT2D eigenvalue weighted by molar-refractivity contribution is 0.499. The van der Waals surface area contributed by atoms with Crippen LogP contribution < -0.4 is 5.73 Å². The van der Waals surface area contributed by atoms with Gasteiger partial charge in [0.05, 0.1) is 5.25 Å². The summed E-state index contributed by atoms with van der Waals surface area (Å²) in [6, 6.07) is 0.923. The predicted octanol–water partition coefficient (Wildman–Crippen LogP) is 1.53. The standard InChI is InChI=1S/C10H11F2NO2S/c1-5-2-9(13)7-3-6(11)4-8(12)10(7)16(5,14)15/h3-5,9H,2,13H2,1H3. The molecule has 2 unspecified atom stereocenters. The molecule has 0 amide bonds. The highest BCUT2D eigenvalue weighted by Crippen LogP contribution is 2.36. The molecule has 1 aliphatic heterocycles. The summed E-state index contributed by atoms with van der Waals surface area (Å²) < 4.78 is 50.2. The molecular weight excluding hydrogens is 236 g/mol. The van der Waals surface area contributed by atoms with Crippen LogP contribution in [0.25, 0.3) is 0 Å². The van der Waals surface area contributed by atoms with Crippen LogP contribution in [0.3, 0.4) is 0 Å². The van der Waals surface area contributed by atoms with Gasteiger partial charge in [0.1, 0.15) is 16.5 Å². The van der Waals surface area contributed by atoms with Gasteiger partial charge in [0.25, 0.3) is 0 Å². The number of sulfone groups is 1. The van der Waals surface area contributed by atoms with Gasteiger partial charge in [-0.15, -0.1) is 0 Å². The van der Waals surface area contributed by atoms with Crippen molar-refractivity contribution in [1.29, 1.82) is 0 Å². The summed E-state index contributed by atoms with van der Waals surface area (Å²) in [6.45, 7) is 1.47. The van der Waals surface area contributed by atoms with E-state index in [9.17, 15) is 17.2 Å². The van der Waals surface area contributed by atoms with Crippen molar-refractivity contribution in [3.63, 3.8) is 0 Å². The molecular formula is C10H11F2NO2S. The number of hydrogen-bond acceptors (Lipinski definition) is 3. The maximum absolute atomic E-state index is 13.5. The molecule has 16 heavy (non-hydrogen) atoms. The van der Waals surface area contributed by atoms with E-state index in [-0.39, 0.29) is 12.0 Å². The first-order valence-electron chi connectivity index (χ1n) is 4.82. The Morgan fingerprint density at radius 2 is 2.00 bits per heavy atom. The van der Waals surface area contributed by atoms with Gasteiger partial charge < -0.3 is 5.73 Å². The van der Waals surface area contributed by atoms with Crippen molar-refractivity contribution >= 4 is 9.84 Å². The van der Waals surface area contributed by atoms with Gasteiger partial charge in [0.2, 0.25) is 0 Å². The summed E-state index contributed by atoms with van der Waals surface area (Å²) in [4.78, 5) is -0.444. The number of rotatable bonds is 0. The van der Waals surface area contributed by atoms with E-state index in [1.807, 2.05) is 0 Å². The first-order valence-corrected chi connectivity index (χ1v) is 6.37. The fraction of sp³-hybridized carbons (Fsp3) is 0.400. The molecule has 0 saturated heterocycles. The monoisotopic (exact) mass is 247 g/mol. The fourth-order valence-corrected chi connectivity index (χ4v) is 3.70. The minimum Gasteiger partial charge on any atom is -0.324 e. The molecule has 0 saturated carbocycles. The van der Waals surface area contributed by atoms with Crippen LogP contribution in [0.1, 0.15) is 24.9 Å². The van der Waals surface area contributed by atoms with Crippen LogP contribution in [-0.2, 0) is 9.84 Å². The minimum absolute atomic E-state index is 0.0376. The first-order chi connectivity index (χ1) is 7.34. The Labute approximate surface area is 92.2 Å². The van der Waals surface area contributed by atoms with Crippen molar-refractivity contribution in [3.05, 3.63) is 29.3 Å². The Kier molecular flexibility index (Phi) is 2.51. The Bertz CT molecular complexity index is 542. The molecule has 6 heteroatoms. The molecule has 2 rings (SSSR count). The van der Waals surface area contributed by atoms with Crippen LogP contribution in [0.2, 0.25) is 0 Å². The summed E-state index contributed by atoms with van der Waals surface area (Å²) in [6.07, 6.45) is 0.179. The van der Waals surface area contributed by atoms with Gasteiger partial charge in [-0.25, -0.2) is 17.2 Å². The molecule has 0 aliphatic carbocycles. The molecule has 0 aromatic heterocycles. The lowest BCUT2D eigenvalue weighted by Crippen LogP contribution is -2.32. The Morgan fingerprint density at radius 3 is 2.62 bits per heavy atom. The molecule has 2 atom stereocenters. The maximum Gasteiger partial charge on any atom is 0.184 e. The van der Waals surface area contributed by atoms with Gasteiger partial charge in [0.15, 0.2) is 9.84 Å². The zero-order valence-electron chi connectivity index (χ0n) is 8.57. The van der Waals surface area contributed by atoms with E-state index in [2.05, 4.69) is 0 Å². The van der Waals surface area contributed by atoms with Crippen molar-refractivity contribution in [2.75, 3.05) is 0 Å². The molecule has 3 nitrogen and oxygen atoms in total. The zero-order valence-corrected chi connectivity index (χ0v) is 9.39. The van der Waals surface area contributed by atoms with Crippen LogP contribution in [0.4, 0.5) is 8.78 Å². The average Bonchev–Trinajstić information content (AvgIpc) is 2.13. The summed E-state index contributed by atoms with van der Waals surface area (Å²) in [5.41, 5.74) is 5.74. The van der Waals surface area contributed by atoms with Crippen LogP contribution in [0.5, 0.6) is 0 Å². The summed E-state index contributed by atoms with van der Waals surface area (Å²) in [7, 11) is -3.72. The number of nitrogens with two attached hydrogens (primary N) is 1. The molecule has 0 fully saturated rings. The number of hydrogen-bond donors (Lipinski definition) is 1. The van der Waals surface area contributed by atoms with Crippen LogP contribution in [-0.4, -0.2) is 13.7 Å². The molecule has 0 bridgehead atoms. The van der Waals surface area contributed by atoms with Crippen LogP contribution in [0.15, 0.2) is 17.0 Å². The average molecular weight is 247 g/mol. The number of fused-ring (bicyclic) bond motifs is 1. The van der Waals surface area contributed by atoms with Gasteiger partial charge in [-0.2, -0.15) is 0 Å². The number of halogens is 2. The Hall–Kier alpha value is -1.01. The summed E-state index contributed by atoms with van der Waals surface area (Å²) >= 11 is 0. The number of benzene rings is 1. The Balaban J connectivity index is 2.80. The smallest absolute Gasteiger partial charge is 0.184 e. The Morgan fingerprint density at radius 1 is 1.38 bits per heavy atom. The van der Waals surface area contributed by atoms with Gasteiger partial charge in [-0.3, -0.25) is 0 Å². The summed E-state index contributed by atoms with van der Waals surface area (Å²) in [5.74, 6) is -1.87. The minimum atomic E-state index is -3.72.